The van der Waals surface area contributed by atoms with Crippen LogP contribution in [-0.2, 0) is 14.4 Å². The first-order valence-electron chi connectivity index (χ1n) is 7.37. The summed E-state index contributed by atoms with van der Waals surface area (Å²) in [6.45, 7) is 4.85. The largest absolute Gasteiger partial charge is 0.481 e. The molecule has 0 bridgehead atoms. The van der Waals surface area contributed by atoms with E-state index in [0.717, 1.165) is 0 Å². The van der Waals surface area contributed by atoms with Gasteiger partial charge in [0.25, 0.3) is 0 Å². The van der Waals surface area contributed by atoms with Crippen molar-refractivity contribution in [1.29, 1.82) is 0 Å². The fourth-order valence-electron chi connectivity index (χ4n) is 2.70. The Labute approximate surface area is 132 Å². The summed E-state index contributed by atoms with van der Waals surface area (Å²) in [4.78, 5) is 36.1. The molecule has 0 aromatic heterocycles. The number of likely N-dealkylation sites (tertiary alicyclic amines) is 1. The van der Waals surface area contributed by atoms with Crippen molar-refractivity contribution in [3.05, 3.63) is 0 Å². The van der Waals surface area contributed by atoms with Gasteiger partial charge >= 0.3 is 18.1 Å². The highest BCUT2D eigenvalue weighted by Gasteiger charge is 2.43. The third-order valence-electron chi connectivity index (χ3n) is 4.07. The number of nitrogens with zero attached hydrogens (tertiary/aromatic N) is 1. The smallest absolute Gasteiger partial charge is 0.471 e. The van der Waals surface area contributed by atoms with Crippen LogP contribution in [0.25, 0.3) is 0 Å². The summed E-state index contributed by atoms with van der Waals surface area (Å²) in [5.41, 5.74) is 0. The molecule has 1 saturated heterocycles. The van der Waals surface area contributed by atoms with Gasteiger partial charge in [-0.3, -0.25) is 14.4 Å². The molecule has 3 atom stereocenters. The maximum atomic E-state index is 12.5. The van der Waals surface area contributed by atoms with Crippen molar-refractivity contribution < 1.29 is 32.7 Å². The normalized spacial score (nSPS) is 23.5. The Morgan fingerprint density at radius 3 is 2.26 bits per heavy atom. The van der Waals surface area contributed by atoms with Gasteiger partial charge in [-0.05, 0) is 25.7 Å². The van der Waals surface area contributed by atoms with E-state index < -0.39 is 47.9 Å². The number of rotatable bonds is 4. The van der Waals surface area contributed by atoms with E-state index in [2.05, 4.69) is 0 Å². The lowest BCUT2D eigenvalue weighted by molar-refractivity contribution is -0.175. The minimum atomic E-state index is -5.08. The Hall–Kier alpha value is -1.80. The standard InChI is InChI=1S/C14H21F3N2O4/c1-7(2)10(18-13(23)14(15,16)17)11(20)19-6-4-5-9(8(19)3)12(21)22/h7-10H,4-6H2,1-3H3,(H,18,23)(H,21,22)/t8-,9-,10-/m0/s1. The molecule has 23 heavy (non-hydrogen) atoms. The molecule has 1 heterocycles. The van der Waals surface area contributed by atoms with Gasteiger partial charge in [0.1, 0.15) is 6.04 Å². The predicted molar refractivity (Wildman–Crippen MR) is 74.4 cm³/mol. The molecule has 132 valence electrons. The number of halogens is 3. The molecular weight excluding hydrogens is 317 g/mol. The Balaban J connectivity index is 2.93. The van der Waals surface area contributed by atoms with Crippen LogP contribution in [0.1, 0.15) is 33.6 Å². The summed E-state index contributed by atoms with van der Waals surface area (Å²) in [7, 11) is 0. The number of aliphatic carboxylic acids is 1. The first kappa shape index (κ1) is 19.2. The van der Waals surface area contributed by atoms with Crippen LogP contribution in [-0.4, -0.2) is 52.6 Å². The first-order valence-corrected chi connectivity index (χ1v) is 7.37. The number of alkyl halides is 3. The topological polar surface area (TPSA) is 86.7 Å². The van der Waals surface area contributed by atoms with Crippen molar-refractivity contribution in [1.82, 2.24) is 10.2 Å². The van der Waals surface area contributed by atoms with E-state index in [4.69, 9.17) is 5.11 Å². The second kappa shape index (κ2) is 7.18. The monoisotopic (exact) mass is 338 g/mol. The van der Waals surface area contributed by atoms with E-state index in [0.29, 0.717) is 12.8 Å². The molecule has 0 spiro atoms. The van der Waals surface area contributed by atoms with E-state index in [1.165, 1.54) is 18.7 Å². The van der Waals surface area contributed by atoms with Gasteiger partial charge in [-0.15, -0.1) is 0 Å². The summed E-state index contributed by atoms with van der Waals surface area (Å²) in [6, 6.07) is -1.99. The zero-order valence-electron chi connectivity index (χ0n) is 13.2. The number of nitrogens with one attached hydrogen (secondary N) is 1. The first-order chi connectivity index (χ1) is 10.5. The quantitative estimate of drug-likeness (QED) is 0.811. The van der Waals surface area contributed by atoms with Gasteiger partial charge in [0.2, 0.25) is 5.91 Å². The van der Waals surface area contributed by atoms with Gasteiger partial charge in [-0.1, -0.05) is 13.8 Å². The van der Waals surface area contributed by atoms with E-state index in [-0.39, 0.29) is 6.54 Å². The Morgan fingerprint density at radius 1 is 1.26 bits per heavy atom. The molecular formula is C14H21F3N2O4. The van der Waals surface area contributed by atoms with Crippen molar-refractivity contribution in [3.8, 4) is 0 Å². The molecule has 1 aliphatic heterocycles. The summed E-state index contributed by atoms with van der Waals surface area (Å²) in [5, 5.41) is 10.9. The van der Waals surface area contributed by atoms with Crippen molar-refractivity contribution >= 4 is 17.8 Å². The molecule has 0 unspecified atom stereocenters. The van der Waals surface area contributed by atoms with Gasteiger partial charge in [-0.2, -0.15) is 13.2 Å². The third-order valence-corrected chi connectivity index (χ3v) is 4.07. The highest BCUT2D eigenvalue weighted by atomic mass is 19.4. The number of carbonyl (C=O) groups is 3. The van der Waals surface area contributed by atoms with Crippen molar-refractivity contribution in [2.45, 2.75) is 51.9 Å². The fourth-order valence-corrected chi connectivity index (χ4v) is 2.70. The van der Waals surface area contributed by atoms with Gasteiger partial charge in [0, 0.05) is 12.6 Å². The van der Waals surface area contributed by atoms with E-state index in [9.17, 15) is 27.6 Å². The number of piperidine rings is 1. The minimum absolute atomic E-state index is 0.259. The van der Waals surface area contributed by atoms with Gasteiger partial charge in [0.05, 0.1) is 5.92 Å². The average molecular weight is 338 g/mol. The maximum Gasteiger partial charge on any atom is 0.471 e. The fraction of sp³-hybridized carbons (Fsp3) is 0.786. The number of carboxylic acids is 1. The van der Waals surface area contributed by atoms with Crippen LogP contribution in [0.5, 0.6) is 0 Å². The van der Waals surface area contributed by atoms with Crippen molar-refractivity contribution in [3.63, 3.8) is 0 Å². The number of hydrogen-bond acceptors (Lipinski definition) is 3. The molecule has 0 aromatic rings. The van der Waals surface area contributed by atoms with Gasteiger partial charge in [0.15, 0.2) is 0 Å². The maximum absolute atomic E-state index is 12.5. The molecule has 2 amide bonds. The number of hydrogen-bond donors (Lipinski definition) is 2. The lowest BCUT2D eigenvalue weighted by atomic mass is 9.89. The van der Waals surface area contributed by atoms with Gasteiger partial charge in [-0.25, -0.2) is 0 Å². The molecule has 2 N–H and O–H groups in total. The molecule has 0 radical (unpaired) electrons. The summed E-state index contributed by atoms with van der Waals surface area (Å²) in [6.07, 6.45) is -4.23. The number of carboxylic acid groups (broad SMARTS) is 1. The van der Waals surface area contributed by atoms with E-state index in [1.807, 2.05) is 0 Å². The third kappa shape index (κ3) is 4.59. The van der Waals surface area contributed by atoms with Crippen LogP contribution in [0.15, 0.2) is 0 Å². The number of amides is 2. The van der Waals surface area contributed by atoms with E-state index in [1.54, 1.807) is 12.2 Å². The number of carbonyl (C=O) groups excluding carboxylic acids is 2. The Morgan fingerprint density at radius 2 is 1.83 bits per heavy atom. The van der Waals surface area contributed by atoms with Crippen LogP contribution in [0.2, 0.25) is 0 Å². The second-order valence-corrected chi connectivity index (χ2v) is 6.05. The molecule has 0 aliphatic carbocycles. The highest BCUT2D eigenvalue weighted by Crippen LogP contribution is 2.25. The van der Waals surface area contributed by atoms with Crippen molar-refractivity contribution in [2.24, 2.45) is 11.8 Å². The molecule has 1 fully saturated rings. The highest BCUT2D eigenvalue weighted by molar-refractivity contribution is 5.90. The van der Waals surface area contributed by atoms with Crippen LogP contribution in [0.3, 0.4) is 0 Å². The summed E-state index contributed by atoms with van der Waals surface area (Å²) >= 11 is 0. The Bertz CT molecular complexity index is 479. The SMILES string of the molecule is CC(C)[C@H](NC(=O)C(F)(F)F)C(=O)N1CCC[C@H](C(=O)O)[C@@H]1C. The van der Waals surface area contributed by atoms with E-state index >= 15 is 0 Å². The van der Waals surface area contributed by atoms with Gasteiger partial charge < -0.3 is 15.3 Å². The molecule has 6 nitrogen and oxygen atoms in total. The van der Waals surface area contributed by atoms with Crippen LogP contribution < -0.4 is 5.32 Å². The predicted octanol–water partition coefficient (Wildman–Crippen LogP) is 1.40. The summed E-state index contributed by atoms with van der Waals surface area (Å²) < 4.78 is 37.2. The molecule has 0 saturated carbocycles. The van der Waals surface area contributed by atoms with Crippen LogP contribution in [0.4, 0.5) is 13.2 Å². The zero-order valence-corrected chi connectivity index (χ0v) is 13.2. The second-order valence-electron chi connectivity index (χ2n) is 6.05. The lowest BCUT2D eigenvalue weighted by Gasteiger charge is -2.40. The van der Waals surface area contributed by atoms with Crippen molar-refractivity contribution in [2.75, 3.05) is 6.54 Å². The summed E-state index contributed by atoms with van der Waals surface area (Å²) in [5.74, 6) is -5.24. The average Bonchev–Trinajstić information content (AvgIpc) is 2.42. The van der Waals surface area contributed by atoms with Crippen LogP contribution in [0, 0.1) is 11.8 Å². The zero-order chi connectivity index (χ0) is 17.9. The minimum Gasteiger partial charge on any atom is -0.481 e. The lowest BCUT2D eigenvalue weighted by Crippen LogP contribution is -2.58. The molecule has 0 aromatic carbocycles. The molecule has 1 aliphatic rings. The Kier molecular flexibility index (Phi) is 6.01. The molecule has 1 rings (SSSR count). The van der Waals surface area contributed by atoms with Crippen LogP contribution >= 0.6 is 0 Å². The molecule has 9 heteroatoms.